The number of benzene rings is 1. The second-order valence-corrected chi connectivity index (χ2v) is 5.39. The molecule has 10 heteroatoms. The van der Waals surface area contributed by atoms with Crippen molar-refractivity contribution in [2.45, 2.75) is 17.0 Å². The molecule has 0 bridgehead atoms. The van der Waals surface area contributed by atoms with E-state index in [9.17, 15) is 19.7 Å². The maximum atomic E-state index is 11.6. The van der Waals surface area contributed by atoms with Crippen LogP contribution < -0.4 is 5.73 Å². The lowest BCUT2D eigenvalue weighted by atomic mass is 10.2. The molecule has 2 N–H and O–H groups in total. The fourth-order valence-corrected chi connectivity index (χ4v) is 2.55. The molecule has 2 aromatic rings. The van der Waals surface area contributed by atoms with Crippen LogP contribution in [-0.2, 0) is 4.74 Å². The van der Waals surface area contributed by atoms with Crippen molar-refractivity contribution in [1.82, 2.24) is 9.97 Å². The van der Waals surface area contributed by atoms with Gasteiger partial charge in [-0.3, -0.25) is 14.9 Å². The number of aromatic nitrogens is 2. The summed E-state index contributed by atoms with van der Waals surface area (Å²) in [4.78, 5) is 41.0. The Balaban J connectivity index is 2.32. The van der Waals surface area contributed by atoms with E-state index in [0.717, 1.165) is 17.8 Å². The van der Waals surface area contributed by atoms with Crippen LogP contribution in [0.2, 0.25) is 0 Å². The van der Waals surface area contributed by atoms with Crippen LogP contribution in [0.25, 0.3) is 0 Å². The normalized spacial score (nSPS) is 10.2. The smallest absolute Gasteiger partial charge is 0.343 e. The van der Waals surface area contributed by atoms with Gasteiger partial charge in [-0.25, -0.2) is 14.8 Å². The highest BCUT2D eigenvalue weighted by Crippen LogP contribution is 2.33. The van der Waals surface area contributed by atoms with Crippen LogP contribution in [0.1, 0.15) is 27.6 Å². The molecule has 0 saturated heterocycles. The Labute approximate surface area is 140 Å². The van der Waals surface area contributed by atoms with Crippen molar-refractivity contribution < 1.29 is 19.2 Å². The standard InChI is InChI=1S/C14H12N4O5S/c1-2-23-13(20)9-6-16-14(17-12(9)15)24-11-4-3-8(7-19)5-10(11)18(21)22/h3-7H,2H2,1H3,(H2,15,16,17). The molecule has 24 heavy (non-hydrogen) atoms. The predicted molar refractivity (Wildman–Crippen MR) is 85.0 cm³/mol. The van der Waals surface area contributed by atoms with Gasteiger partial charge in [0.05, 0.1) is 16.4 Å². The molecular formula is C14H12N4O5S. The number of nitrogen functional groups attached to an aromatic ring is 1. The topological polar surface area (TPSA) is 138 Å². The molecule has 1 aromatic heterocycles. The van der Waals surface area contributed by atoms with Crippen molar-refractivity contribution in [2.75, 3.05) is 12.3 Å². The average molecular weight is 348 g/mol. The van der Waals surface area contributed by atoms with Gasteiger partial charge in [-0.2, -0.15) is 0 Å². The quantitative estimate of drug-likeness (QED) is 0.273. The number of hydrogen-bond donors (Lipinski definition) is 1. The summed E-state index contributed by atoms with van der Waals surface area (Å²) in [5, 5.41) is 11.2. The Morgan fingerprint density at radius 1 is 1.50 bits per heavy atom. The second kappa shape index (κ2) is 7.51. The third-order valence-electron chi connectivity index (χ3n) is 2.81. The zero-order valence-corrected chi connectivity index (χ0v) is 13.3. The SMILES string of the molecule is CCOC(=O)c1cnc(Sc2ccc(C=O)cc2[N+](=O)[O-])nc1N. The third-order valence-corrected chi connectivity index (χ3v) is 3.75. The number of carbonyl (C=O) groups excluding carboxylic acids is 2. The number of carbonyl (C=O) groups is 2. The summed E-state index contributed by atoms with van der Waals surface area (Å²) in [6.07, 6.45) is 1.72. The van der Waals surface area contributed by atoms with E-state index in [-0.39, 0.29) is 39.3 Å². The number of aldehydes is 1. The number of hydrogen-bond acceptors (Lipinski definition) is 9. The van der Waals surface area contributed by atoms with E-state index < -0.39 is 10.9 Å². The number of anilines is 1. The summed E-state index contributed by atoms with van der Waals surface area (Å²) in [5.41, 5.74) is 5.66. The highest BCUT2D eigenvalue weighted by molar-refractivity contribution is 7.99. The Kier molecular flexibility index (Phi) is 5.42. The fourth-order valence-electron chi connectivity index (χ4n) is 1.73. The number of ether oxygens (including phenoxy) is 1. The molecular weight excluding hydrogens is 336 g/mol. The van der Waals surface area contributed by atoms with Gasteiger partial charge in [-0.05, 0) is 24.8 Å². The number of nitro benzene ring substituents is 1. The van der Waals surface area contributed by atoms with E-state index >= 15 is 0 Å². The lowest BCUT2D eigenvalue weighted by Crippen LogP contribution is -2.10. The van der Waals surface area contributed by atoms with E-state index in [1.54, 1.807) is 6.92 Å². The number of nitro groups is 1. The maximum Gasteiger partial charge on any atom is 0.343 e. The van der Waals surface area contributed by atoms with Gasteiger partial charge in [-0.15, -0.1) is 0 Å². The Bertz CT molecular complexity index is 812. The minimum Gasteiger partial charge on any atom is -0.462 e. The molecule has 2 rings (SSSR count). The van der Waals surface area contributed by atoms with E-state index in [2.05, 4.69) is 9.97 Å². The number of nitrogens with zero attached hydrogens (tertiary/aromatic N) is 3. The summed E-state index contributed by atoms with van der Waals surface area (Å²) in [5.74, 6) is -0.731. The molecule has 0 aliphatic heterocycles. The molecule has 9 nitrogen and oxygen atoms in total. The monoisotopic (exact) mass is 348 g/mol. The fraction of sp³-hybridized carbons (Fsp3) is 0.143. The summed E-state index contributed by atoms with van der Waals surface area (Å²) < 4.78 is 4.81. The van der Waals surface area contributed by atoms with Crippen LogP contribution in [0, 0.1) is 10.1 Å². The largest absolute Gasteiger partial charge is 0.462 e. The van der Waals surface area contributed by atoms with Crippen LogP contribution in [-0.4, -0.2) is 33.8 Å². The number of nitrogens with two attached hydrogens (primary N) is 1. The van der Waals surface area contributed by atoms with Crippen LogP contribution in [0.15, 0.2) is 34.4 Å². The van der Waals surface area contributed by atoms with Crippen molar-refractivity contribution in [3.63, 3.8) is 0 Å². The maximum absolute atomic E-state index is 11.6. The van der Waals surface area contributed by atoms with Gasteiger partial charge in [0.2, 0.25) is 0 Å². The molecule has 1 aromatic carbocycles. The van der Waals surface area contributed by atoms with Crippen LogP contribution >= 0.6 is 11.8 Å². The zero-order chi connectivity index (χ0) is 17.7. The van der Waals surface area contributed by atoms with Gasteiger partial charge < -0.3 is 10.5 Å². The van der Waals surface area contributed by atoms with Crippen molar-refractivity contribution >= 4 is 35.5 Å². The molecule has 1 heterocycles. The molecule has 0 amide bonds. The second-order valence-electron chi connectivity index (χ2n) is 4.38. The van der Waals surface area contributed by atoms with E-state index in [0.29, 0.717) is 6.29 Å². The molecule has 124 valence electrons. The highest BCUT2D eigenvalue weighted by atomic mass is 32.2. The predicted octanol–water partition coefficient (Wildman–Crippen LogP) is 2.11. The summed E-state index contributed by atoms with van der Waals surface area (Å²) in [6.45, 7) is 1.84. The first-order valence-corrected chi connectivity index (χ1v) is 7.49. The van der Waals surface area contributed by atoms with Crippen molar-refractivity contribution in [1.29, 1.82) is 0 Å². The molecule has 0 atom stereocenters. The van der Waals surface area contributed by atoms with Crippen LogP contribution in [0.3, 0.4) is 0 Å². The van der Waals surface area contributed by atoms with Crippen LogP contribution in [0.5, 0.6) is 0 Å². The lowest BCUT2D eigenvalue weighted by molar-refractivity contribution is -0.387. The van der Waals surface area contributed by atoms with Crippen molar-refractivity contribution in [3.8, 4) is 0 Å². The van der Waals surface area contributed by atoms with E-state index in [1.807, 2.05) is 0 Å². The Morgan fingerprint density at radius 3 is 2.83 bits per heavy atom. The van der Waals surface area contributed by atoms with Gasteiger partial charge in [0.15, 0.2) is 5.16 Å². The Morgan fingerprint density at radius 2 is 2.25 bits per heavy atom. The molecule has 0 aliphatic carbocycles. The van der Waals surface area contributed by atoms with Gasteiger partial charge in [0.1, 0.15) is 17.7 Å². The molecule has 0 aliphatic rings. The van der Waals surface area contributed by atoms with E-state index in [1.165, 1.54) is 18.3 Å². The minimum absolute atomic E-state index is 0.0204. The summed E-state index contributed by atoms with van der Waals surface area (Å²) in [7, 11) is 0. The first kappa shape index (κ1) is 17.3. The average Bonchev–Trinajstić information content (AvgIpc) is 2.55. The zero-order valence-electron chi connectivity index (χ0n) is 12.5. The first-order valence-electron chi connectivity index (χ1n) is 6.67. The molecule has 0 spiro atoms. The van der Waals surface area contributed by atoms with Crippen molar-refractivity contribution in [2.24, 2.45) is 0 Å². The summed E-state index contributed by atoms with van der Waals surface area (Å²) in [6, 6.07) is 4.02. The lowest BCUT2D eigenvalue weighted by Gasteiger charge is -2.06. The third kappa shape index (κ3) is 3.84. The number of rotatable bonds is 6. The van der Waals surface area contributed by atoms with Gasteiger partial charge in [-0.1, -0.05) is 6.07 Å². The Hall–Kier alpha value is -3.01. The summed E-state index contributed by atoms with van der Waals surface area (Å²) >= 11 is 0.898. The molecule has 0 saturated carbocycles. The molecule has 0 radical (unpaired) electrons. The minimum atomic E-state index is -0.645. The van der Waals surface area contributed by atoms with Gasteiger partial charge in [0, 0.05) is 17.8 Å². The first-order chi connectivity index (χ1) is 11.5. The van der Waals surface area contributed by atoms with E-state index in [4.69, 9.17) is 10.5 Å². The highest BCUT2D eigenvalue weighted by Gasteiger charge is 2.19. The van der Waals surface area contributed by atoms with Crippen molar-refractivity contribution in [3.05, 3.63) is 45.6 Å². The van der Waals surface area contributed by atoms with Crippen LogP contribution in [0.4, 0.5) is 11.5 Å². The van der Waals surface area contributed by atoms with Gasteiger partial charge >= 0.3 is 5.97 Å². The molecule has 0 fully saturated rings. The van der Waals surface area contributed by atoms with Gasteiger partial charge in [0.25, 0.3) is 5.69 Å². The number of esters is 1. The molecule has 0 unspecified atom stereocenters.